The lowest BCUT2D eigenvalue weighted by atomic mass is 9.80. The lowest BCUT2D eigenvalue weighted by Crippen LogP contribution is -2.61. The van der Waals surface area contributed by atoms with Gasteiger partial charge >= 0.3 is 0 Å². The standard InChI is InChI=1S/C16H33N3O/c1-13(2)15-11-16(12-17,7-10-20-15)19(4)14-5-8-18(3)9-6-14/h13-15H,5-12,17H2,1-4H3. The highest BCUT2D eigenvalue weighted by atomic mass is 16.5. The molecule has 4 nitrogen and oxygen atoms in total. The normalized spacial score (nSPS) is 34.0. The van der Waals surface area contributed by atoms with Crippen molar-refractivity contribution in [3.8, 4) is 0 Å². The Kier molecular flexibility index (Phi) is 5.46. The van der Waals surface area contributed by atoms with Crippen LogP contribution in [0.5, 0.6) is 0 Å². The number of hydrogen-bond acceptors (Lipinski definition) is 4. The van der Waals surface area contributed by atoms with Crippen molar-refractivity contribution in [1.82, 2.24) is 9.80 Å². The summed E-state index contributed by atoms with van der Waals surface area (Å²) in [5.74, 6) is 0.576. The van der Waals surface area contributed by atoms with Crippen LogP contribution in [-0.2, 0) is 4.74 Å². The van der Waals surface area contributed by atoms with Gasteiger partial charge in [-0.15, -0.1) is 0 Å². The molecule has 2 fully saturated rings. The second-order valence-corrected chi connectivity index (χ2v) is 7.18. The van der Waals surface area contributed by atoms with Crippen LogP contribution in [0.4, 0.5) is 0 Å². The highest BCUT2D eigenvalue weighted by Gasteiger charge is 2.42. The fourth-order valence-electron chi connectivity index (χ4n) is 3.78. The van der Waals surface area contributed by atoms with Gasteiger partial charge in [0, 0.05) is 24.7 Å². The SMILES string of the molecule is CC(C)C1CC(CN)(N(C)C2CCN(C)CC2)CCO1. The van der Waals surface area contributed by atoms with Gasteiger partial charge in [0.2, 0.25) is 0 Å². The maximum Gasteiger partial charge on any atom is 0.0616 e. The lowest BCUT2D eigenvalue weighted by molar-refractivity contribution is -0.0952. The predicted octanol–water partition coefficient (Wildman–Crippen LogP) is 1.54. The Labute approximate surface area is 124 Å². The highest BCUT2D eigenvalue weighted by Crippen LogP contribution is 2.35. The van der Waals surface area contributed by atoms with Crippen molar-refractivity contribution in [2.45, 2.75) is 57.2 Å². The lowest BCUT2D eigenvalue weighted by Gasteiger charge is -2.51. The number of likely N-dealkylation sites (N-methyl/N-ethyl adjacent to an activating group) is 1. The first kappa shape index (κ1) is 16.2. The van der Waals surface area contributed by atoms with Gasteiger partial charge in [0.1, 0.15) is 0 Å². The van der Waals surface area contributed by atoms with E-state index in [0.29, 0.717) is 18.1 Å². The molecule has 2 heterocycles. The number of hydrogen-bond donors (Lipinski definition) is 1. The minimum atomic E-state index is 0.147. The van der Waals surface area contributed by atoms with Crippen molar-refractivity contribution in [2.24, 2.45) is 11.7 Å². The average molecular weight is 283 g/mol. The minimum absolute atomic E-state index is 0.147. The summed E-state index contributed by atoms with van der Waals surface area (Å²) in [7, 11) is 4.52. The van der Waals surface area contributed by atoms with E-state index in [9.17, 15) is 0 Å². The summed E-state index contributed by atoms with van der Waals surface area (Å²) in [4.78, 5) is 5.04. The molecule has 2 unspecified atom stereocenters. The second kappa shape index (κ2) is 6.73. The Morgan fingerprint density at radius 2 is 2.00 bits per heavy atom. The molecule has 2 aliphatic heterocycles. The molecule has 0 spiro atoms. The fraction of sp³-hybridized carbons (Fsp3) is 1.00. The van der Waals surface area contributed by atoms with Gasteiger partial charge in [0.05, 0.1) is 6.10 Å². The first-order valence-electron chi connectivity index (χ1n) is 8.21. The van der Waals surface area contributed by atoms with E-state index in [0.717, 1.165) is 26.0 Å². The molecule has 2 atom stereocenters. The molecule has 0 aromatic rings. The number of likely N-dealkylation sites (tertiary alicyclic amines) is 1. The Bertz CT molecular complexity index is 302. The topological polar surface area (TPSA) is 41.7 Å². The summed E-state index contributed by atoms with van der Waals surface area (Å²) in [6.07, 6.45) is 5.06. The fourth-order valence-corrected chi connectivity index (χ4v) is 3.78. The van der Waals surface area contributed by atoms with Gasteiger partial charge in [-0.05, 0) is 58.8 Å². The van der Waals surface area contributed by atoms with Gasteiger partial charge in [0.15, 0.2) is 0 Å². The maximum absolute atomic E-state index is 6.23. The average Bonchev–Trinajstić information content (AvgIpc) is 2.47. The smallest absolute Gasteiger partial charge is 0.0616 e. The Morgan fingerprint density at radius 1 is 1.35 bits per heavy atom. The van der Waals surface area contributed by atoms with E-state index >= 15 is 0 Å². The van der Waals surface area contributed by atoms with Gasteiger partial charge in [-0.1, -0.05) is 13.8 Å². The molecule has 20 heavy (non-hydrogen) atoms. The molecule has 0 aromatic carbocycles. The minimum Gasteiger partial charge on any atom is -0.378 e. The van der Waals surface area contributed by atoms with Crippen LogP contribution >= 0.6 is 0 Å². The van der Waals surface area contributed by atoms with Gasteiger partial charge < -0.3 is 15.4 Å². The van der Waals surface area contributed by atoms with E-state index in [1.165, 1.54) is 25.9 Å². The molecule has 2 saturated heterocycles. The molecule has 0 aromatic heterocycles. The van der Waals surface area contributed by atoms with Crippen molar-refractivity contribution in [3.05, 3.63) is 0 Å². The van der Waals surface area contributed by atoms with Gasteiger partial charge in [-0.3, -0.25) is 4.90 Å². The van der Waals surface area contributed by atoms with E-state index in [-0.39, 0.29) is 5.54 Å². The van der Waals surface area contributed by atoms with Crippen molar-refractivity contribution in [1.29, 1.82) is 0 Å². The van der Waals surface area contributed by atoms with Crippen LogP contribution in [0.1, 0.15) is 39.5 Å². The van der Waals surface area contributed by atoms with Crippen molar-refractivity contribution < 1.29 is 4.74 Å². The number of piperidine rings is 1. The second-order valence-electron chi connectivity index (χ2n) is 7.18. The van der Waals surface area contributed by atoms with Crippen LogP contribution in [0.25, 0.3) is 0 Å². The zero-order valence-electron chi connectivity index (χ0n) is 13.8. The van der Waals surface area contributed by atoms with E-state index in [2.05, 4.69) is 37.7 Å². The Morgan fingerprint density at radius 3 is 2.55 bits per heavy atom. The van der Waals surface area contributed by atoms with E-state index < -0.39 is 0 Å². The van der Waals surface area contributed by atoms with Crippen LogP contribution in [0.3, 0.4) is 0 Å². The van der Waals surface area contributed by atoms with Gasteiger partial charge in [-0.2, -0.15) is 0 Å². The first-order chi connectivity index (χ1) is 9.48. The van der Waals surface area contributed by atoms with Crippen LogP contribution in [0, 0.1) is 5.92 Å². The van der Waals surface area contributed by atoms with Crippen LogP contribution in [0.15, 0.2) is 0 Å². The highest BCUT2D eigenvalue weighted by molar-refractivity contribution is 4.98. The summed E-state index contributed by atoms with van der Waals surface area (Å²) in [5.41, 5.74) is 6.37. The van der Waals surface area contributed by atoms with Gasteiger partial charge in [0.25, 0.3) is 0 Å². The molecule has 0 radical (unpaired) electrons. The molecule has 2 N–H and O–H groups in total. The van der Waals surface area contributed by atoms with Crippen LogP contribution in [-0.4, -0.2) is 67.8 Å². The number of nitrogens with two attached hydrogens (primary N) is 1. The third-order valence-electron chi connectivity index (χ3n) is 5.59. The largest absolute Gasteiger partial charge is 0.378 e. The van der Waals surface area contributed by atoms with Crippen LogP contribution in [0.2, 0.25) is 0 Å². The van der Waals surface area contributed by atoms with Gasteiger partial charge in [-0.25, -0.2) is 0 Å². The first-order valence-corrected chi connectivity index (χ1v) is 8.21. The zero-order chi connectivity index (χ0) is 14.8. The van der Waals surface area contributed by atoms with Crippen molar-refractivity contribution in [3.63, 3.8) is 0 Å². The van der Waals surface area contributed by atoms with E-state index in [1.807, 2.05) is 0 Å². The summed E-state index contributed by atoms with van der Waals surface area (Å²) < 4.78 is 5.96. The maximum atomic E-state index is 6.23. The molecule has 4 heteroatoms. The molecule has 118 valence electrons. The zero-order valence-corrected chi connectivity index (χ0v) is 13.8. The predicted molar refractivity (Wildman–Crippen MR) is 83.9 cm³/mol. The van der Waals surface area contributed by atoms with Crippen LogP contribution < -0.4 is 5.73 Å². The monoisotopic (exact) mass is 283 g/mol. The molecule has 0 bridgehead atoms. The quantitative estimate of drug-likeness (QED) is 0.850. The van der Waals surface area contributed by atoms with Crippen molar-refractivity contribution in [2.75, 3.05) is 40.3 Å². The Balaban J connectivity index is 2.05. The third-order valence-corrected chi connectivity index (χ3v) is 5.59. The Hall–Kier alpha value is -0.160. The summed E-state index contributed by atoms with van der Waals surface area (Å²) in [6, 6.07) is 0.681. The number of rotatable bonds is 4. The molecule has 2 aliphatic rings. The molecule has 0 aliphatic carbocycles. The van der Waals surface area contributed by atoms with Crippen molar-refractivity contribution >= 4 is 0 Å². The summed E-state index contributed by atoms with van der Waals surface area (Å²) in [6.45, 7) is 8.54. The molecular formula is C16H33N3O. The third kappa shape index (κ3) is 3.35. The summed E-state index contributed by atoms with van der Waals surface area (Å²) in [5, 5.41) is 0. The molecule has 0 amide bonds. The summed E-state index contributed by atoms with van der Waals surface area (Å²) >= 11 is 0. The molecular weight excluding hydrogens is 250 g/mol. The molecule has 2 rings (SSSR count). The van der Waals surface area contributed by atoms with E-state index in [1.54, 1.807) is 0 Å². The van der Waals surface area contributed by atoms with E-state index in [4.69, 9.17) is 10.5 Å². The number of nitrogens with zero attached hydrogens (tertiary/aromatic N) is 2. The number of ether oxygens (including phenoxy) is 1. The molecule has 0 saturated carbocycles.